The zero-order chi connectivity index (χ0) is 16.2. The Labute approximate surface area is 140 Å². The second-order valence-corrected chi connectivity index (χ2v) is 6.68. The van der Waals surface area contributed by atoms with Crippen LogP contribution in [0, 0.1) is 6.92 Å². The molecule has 0 aromatic carbocycles. The summed E-state index contributed by atoms with van der Waals surface area (Å²) in [6.07, 6.45) is 5.49. The van der Waals surface area contributed by atoms with E-state index in [9.17, 15) is 4.79 Å². The summed E-state index contributed by atoms with van der Waals surface area (Å²) in [6, 6.07) is 1.81. The van der Waals surface area contributed by atoms with Gasteiger partial charge in [0.25, 0.3) is 5.91 Å². The van der Waals surface area contributed by atoms with Crippen LogP contribution in [0.4, 0.5) is 5.95 Å². The van der Waals surface area contributed by atoms with Gasteiger partial charge in [-0.25, -0.2) is 15.0 Å². The van der Waals surface area contributed by atoms with Crippen LogP contribution in [0.3, 0.4) is 0 Å². The van der Waals surface area contributed by atoms with Crippen LogP contribution >= 0.6 is 11.3 Å². The lowest BCUT2D eigenvalue weighted by Gasteiger charge is -2.34. The van der Waals surface area contributed by atoms with Gasteiger partial charge in [-0.2, -0.15) is 0 Å². The Morgan fingerprint density at radius 1 is 1.22 bits per heavy atom. The van der Waals surface area contributed by atoms with Crippen LogP contribution in [0.2, 0.25) is 0 Å². The quantitative estimate of drug-likeness (QED) is 0.859. The maximum atomic E-state index is 12.7. The molecular weight excluding hydrogens is 310 g/mol. The second kappa shape index (κ2) is 7.04. The zero-order valence-electron chi connectivity index (χ0n) is 13.5. The van der Waals surface area contributed by atoms with E-state index in [-0.39, 0.29) is 5.91 Å². The van der Waals surface area contributed by atoms with Crippen LogP contribution < -0.4 is 4.90 Å². The predicted octanol–water partition coefficient (Wildman–Crippen LogP) is 2.16. The molecule has 0 aliphatic carbocycles. The first-order chi connectivity index (χ1) is 11.2. The Bertz CT molecular complexity index is 664. The minimum Gasteiger partial charge on any atom is -0.337 e. The molecule has 2 aromatic heterocycles. The molecule has 3 rings (SSSR count). The minimum atomic E-state index is 0.107. The molecule has 1 saturated heterocycles. The molecule has 122 valence electrons. The molecule has 7 heteroatoms. The molecule has 23 heavy (non-hydrogen) atoms. The standard InChI is InChI=1S/C16H21N5OS/c1-3-5-13-19-12(2)14(23-13)15(22)20-8-10-21(11-9-20)16-17-6-4-7-18-16/h4,6-7H,3,5,8-11H2,1-2H3. The average molecular weight is 331 g/mol. The van der Waals surface area contributed by atoms with Crippen molar-refractivity contribution in [3.05, 3.63) is 34.0 Å². The first-order valence-electron chi connectivity index (χ1n) is 7.96. The Morgan fingerprint density at radius 3 is 2.57 bits per heavy atom. The van der Waals surface area contributed by atoms with Crippen molar-refractivity contribution in [3.63, 3.8) is 0 Å². The number of hydrogen-bond donors (Lipinski definition) is 0. The number of piperazine rings is 1. The van der Waals surface area contributed by atoms with Crippen LogP contribution in [0.5, 0.6) is 0 Å². The highest BCUT2D eigenvalue weighted by Crippen LogP contribution is 2.22. The summed E-state index contributed by atoms with van der Waals surface area (Å²) in [5, 5.41) is 1.06. The van der Waals surface area contributed by atoms with E-state index < -0.39 is 0 Å². The van der Waals surface area contributed by atoms with Crippen molar-refractivity contribution in [2.45, 2.75) is 26.7 Å². The van der Waals surface area contributed by atoms with Gasteiger partial charge in [0.05, 0.1) is 10.7 Å². The van der Waals surface area contributed by atoms with Crippen LogP contribution in [-0.4, -0.2) is 51.9 Å². The summed E-state index contributed by atoms with van der Waals surface area (Å²) < 4.78 is 0. The summed E-state index contributed by atoms with van der Waals surface area (Å²) >= 11 is 1.54. The number of anilines is 1. The van der Waals surface area contributed by atoms with E-state index in [2.05, 4.69) is 26.8 Å². The smallest absolute Gasteiger partial charge is 0.265 e. The molecule has 0 bridgehead atoms. The third kappa shape index (κ3) is 3.50. The highest BCUT2D eigenvalue weighted by atomic mass is 32.1. The van der Waals surface area contributed by atoms with E-state index in [4.69, 9.17) is 0 Å². The lowest BCUT2D eigenvalue weighted by Crippen LogP contribution is -2.49. The van der Waals surface area contributed by atoms with Crippen LogP contribution in [0.15, 0.2) is 18.5 Å². The summed E-state index contributed by atoms with van der Waals surface area (Å²) in [5.74, 6) is 0.842. The first kappa shape index (κ1) is 15.9. The molecular formula is C16H21N5OS. The van der Waals surface area contributed by atoms with Gasteiger partial charge in [-0.3, -0.25) is 4.79 Å². The zero-order valence-corrected chi connectivity index (χ0v) is 14.3. The van der Waals surface area contributed by atoms with Crippen molar-refractivity contribution in [2.24, 2.45) is 0 Å². The normalized spacial score (nSPS) is 15.0. The second-order valence-electron chi connectivity index (χ2n) is 5.60. The maximum Gasteiger partial charge on any atom is 0.265 e. The molecule has 1 aliphatic heterocycles. The minimum absolute atomic E-state index is 0.107. The van der Waals surface area contributed by atoms with E-state index >= 15 is 0 Å². The van der Waals surface area contributed by atoms with Crippen LogP contribution in [0.25, 0.3) is 0 Å². The van der Waals surface area contributed by atoms with Gasteiger partial charge in [0, 0.05) is 38.6 Å². The fourth-order valence-electron chi connectivity index (χ4n) is 2.68. The van der Waals surface area contributed by atoms with Gasteiger partial charge in [0.2, 0.25) is 5.95 Å². The van der Waals surface area contributed by atoms with E-state index in [0.717, 1.165) is 47.5 Å². The lowest BCUT2D eigenvalue weighted by molar-refractivity contribution is 0.0750. The molecule has 0 saturated carbocycles. The molecule has 3 heterocycles. The highest BCUT2D eigenvalue weighted by molar-refractivity contribution is 7.13. The molecule has 0 spiro atoms. The number of carbonyl (C=O) groups excluding carboxylic acids is 1. The van der Waals surface area contributed by atoms with E-state index in [0.29, 0.717) is 13.1 Å². The third-order valence-electron chi connectivity index (χ3n) is 3.90. The summed E-state index contributed by atoms with van der Waals surface area (Å²) in [7, 11) is 0. The molecule has 1 aliphatic rings. The van der Waals surface area contributed by atoms with Gasteiger partial charge < -0.3 is 9.80 Å². The SMILES string of the molecule is CCCc1nc(C)c(C(=O)N2CCN(c3ncccn3)CC2)s1. The topological polar surface area (TPSA) is 62.2 Å². The van der Waals surface area contributed by atoms with Gasteiger partial charge in [0.1, 0.15) is 4.88 Å². The van der Waals surface area contributed by atoms with Gasteiger partial charge in [-0.15, -0.1) is 11.3 Å². The van der Waals surface area contributed by atoms with Gasteiger partial charge in [0.15, 0.2) is 0 Å². The highest BCUT2D eigenvalue weighted by Gasteiger charge is 2.26. The van der Waals surface area contributed by atoms with Crippen LogP contribution in [0.1, 0.15) is 33.7 Å². The fourth-order valence-corrected chi connectivity index (χ4v) is 3.81. The van der Waals surface area contributed by atoms with Gasteiger partial charge in [-0.1, -0.05) is 6.92 Å². The third-order valence-corrected chi connectivity index (χ3v) is 5.11. The summed E-state index contributed by atoms with van der Waals surface area (Å²) in [6.45, 7) is 6.96. The number of nitrogens with zero attached hydrogens (tertiary/aromatic N) is 5. The molecule has 0 radical (unpaired) electrons. The fraction of sp³-hybridized carbons (Fsp3) is 0.500. The molecule has 0 N–H and O–H groups in total. The number of amides is 1. The number of hydrogen-bond acceptors (Lipinski definition) is 6. The van der Waals surface area contributed by atoms with Gasteiger partial charge in [-0.05, 0) is 25.8 Å². The largest absolute Gasteiger partial charge is 0.337 e. The predicted molar refractivity (Wildman–Crippen MR) is 91.0 cm³/mol. The number of carbonyl (C=O) groups is 1. The average Bonchev–Trinajstić information content (AvgIpc) is 2.96. The van der Waals surface area contributed by atoms with E-state index in [1.807, 2.05) is 17.9 Å². The Kier molecular flexibility index (Phi) is 4.85. The summed E-state index contributed by atoms with van der Waals surface area (Å²) in [4.78, 5) is 30.6. The summed E-state index contributed by atoms with van der Waals surface area (Å²) in [5.41, 5.74) is 0.859. The molecule has 0 unspecified atom stereocenters. The van der Waals surface area contributed by atoms with Crippen LogP contribution in [-0.2, 0) is 6.42 Å². The van der Waals surface area contributed by atoms with E-state index in [1.54, 1.807) is 23.7 Å². The molecule has 2 aromatic rings. The monoisotopic (exact) mass is 331 g/mol. The lowest BCUT2D eigenvalue weighted by atomic mass is 10.3. The molecule has 1 fully saturated rings. The molecule has 1 amide bonds. The van der Waals surface area contributed by atoms with Crippen molar-refractivity contribution in [1.29, 1.82) is 0 Å². The van der Waals surface area contributed by atoms with E-state index in [1.165, 1.54) is 0 Å². The first-order valence-corrected chi connectivity index (χ1v) is 8.78. The van der Waals surface area contributed by atoms with Crippen molar-refractivity contribution >= 4 is 23.2 Å². The molecule has 0 atom stereocenters. The maximum absolute atomic E-state index is 12.7. The number of aryl methyl sites for hydroxylation is 2. The Balaban J connectivity index is 1.64. The van der Waals surface area contributed by atoms with Crippen molar-refractivity contribution < 1.29 is 4.79 Å². The van der Waals surface area contributed by atoms with Gasteiger partial charge >= 0.3 is 0 Å². The van der Waals surface area contributed by atoms with Crippen molar-refractivity contribution in [3.8, 4) is 0 Å². The van der Waals surface area contributed by atoms with Crippen molar-refractivity contribution in [1.82, 2.24) is 19.9 Å². The number of rotatable bonds is 4. The molecule has 6 nitrogen and oxygen atoms in total. The number of aromatic nitrogens is 3. The Hall–Kier alpha value is -2.02. The van der Waals surface area contributed by atoms with Crippen molar-refractivity contribution in [2.75, 3.05) is 31.1 Å². The Morgan fingerprint density at radius 2 is 1.91 bits per heavy atom. The number of thiazole rings is 1.